The van der Waals surface area contributed by atoms with Crippen LogP contribution in [0.4, 0.5) is 0 Å². The number of carboxylic acids is 1. The first-order valence-corrected chi connectivity index (χ1v) is 6.61. The van der Waals surface area contributed by atoms with E-state index in [1.165, 1.54) is 0 Å². The van der Waals surface area contributed by atoms with Crippen molar-refractivity contribution < 1.29 is 14.1 Å². The van der Waals surface area contributed by atoms with Crippen LogP contribution >= 0.6 is 11.3 Å². The Hall–Kier alpha value is -0.680. The molecule has 1 heterocycles. The smallest absolute Gasteiger partial charge is 0.307 e. The molecule has 1 aromatic rings. The Bertz CT molecular complexity index is 319. The summed E-state index contributed by atoms with van der Waals surface area (Å²) in [6.45, 7) is 1.58. The zero-order chi connectivity index (χ0) is 10.6. The molecule has 1 rings (SSSR count). The first-order chi connectivity index (χ1) is 6.59. The molecule has 0 saturated heterocycles. The van der Waals surface area contributed by atoms with E-state index < -0.39 is 22.7 Å². The molecule has 14 heavy (non-hydrogen) atoms. The molecule has 78 valence electrons. The van der Waals surface area contributed by atoms with Crippen LogP contribution in [0.15, 0.2) is 16.8 Å². The average molecular weight is 232 g/mol. The number of hydrogen-bond acceptors (Lipinski definition) is 3. The molecule has 0 bridgehead atoms. The second kappa shape index (κ2) is 5.26. The van der Waals surface area contributed by atoms with Crippen LogP contribution in [0.1, 0.15) is 12.5 Å². The minimum atomic E-state index is -1.07. The number of aliphatic carboxylic acids is 1. The molecule has 0 saturated carbocycles. The summed E-state index contributed by atoms with van der Waals surface area (Å²) in [5, 5.41) is 12.5. The highest BCUT2D eigenvalue weighted by Gasteiger charge is 2.14. The van der Waals surface area contributed by atoms with Gasteiger partial charge in [0.25, 0.3) is 0 Å². The molecule has 1 aromatic heterocycles. The SMILES string of the molecule is CC(CS(=O)Cc1ccsc1)C(=O)O. The van der Waals surface area contributed by atoms with E-state index in [9.17, 15) is 9.00 Å². The quantitative estimate of drug-likeness (QED) is 0.841. The van der Waals surface area contributed by atoms with Gasteiger partial charge in [-0.3, -0.25) is 9.00 Å². The zero-order valence-electron chi connectivity index (χ0n) is 7.80. The van der Waals surface area contributed by atoms with Crippen molar-refractivity contribution in [3.63, 3.8) is 0 Å². The number of carboxylic acid groups (broad SMARTS) is 1. The van der Waals surface area contributed by atoms with Crippen LogP contribution in [-0.4, -0.2) is 21.0 Å². The lowest BCUT2D eigenvalue weighted by molar-refractivity contribution is -0.140. The largest absolute Gasteiger partial charge is 0.481 e. The summed E-state index contributed by atoms with van der Waals surface area (Å²) in [4.78, 5) is 10.5. The average Bonchev–Trinajstić information content (AvgIpc) is 2.56. The van der Waals surface area contributed by atoms with Crippen LogP contribution in [0.5, 0.6) is 0 Å². The normalized spacial score (nSPS) is 14.9. The molecule has 0 aliphatic heterocycles. The Labute approximate surface area is 89.2 Å². The lowest BCUT2D eigenvalue weighted by Crippen LogP contribution is -2.17. The Kier molecular flexibility index (Phi) is 4.28. The van der Waals surface area contributed by atoms with Gasteiger partial charge in [-0.2, -0.15) is 11.3 Å². The molecule has 1 N–H and O–H groups in total. The van der Waals surface area contributed by atoms with Crippen molar-refractivity contribution >= 4 is 28.1 Å². The second-order valence-electron chi connectivity index (χ2n) is 3.12. The van der Waals surface area contributed by atoms with E-state index in [0.717, 1.165) is 5.56 Å². The van der Waals surface area contributed by atoms with E-state index in [4.69, 9.17) is 5.11 Å². The highest BCUT2D eigenvalue weighted by atomic mass is 32.2. The standard InChI is InChI=1S/C9H12O3S2/c1-7(9(10)11)5-14(12)6-8-2-3-13-4-8/h2-4,7H,5-6H2,1H3,(H,10,11). The molecule has 2 atom stereocenters. The monoisotopic (exact) mass is 232 g/mol. The summed E-state index contributed by atoms with van der Waals surface area (Å²) in [6, 6.07) is 1.91. The van der Waals surface area contributed by atoms with Gasteiger partial charge in [0.15, 0.2) is 0 Å². The van der Waals surface area contributed by atoms with Crippen molar-refractivity contribution in [2.75, 3.05) is 5.75 Å². The van der Waals surface area contributed by atoms with Crippen LogP contribution in [0.25, 0.3) is 0 Å². The molecule has 3 nitrogen and oxygen atoms in total. The molecule has 0 radical (unpaired) electrons. The fraction of sp³-hybridized carbons (Fsp3) is 0.444. The maximum absolute atomic E-state index is 11.5. The Morgan fingerprint density at radius 3 is 2.93 bits per heavy atom. The molecule has 2 unspecified atom stereocenters. The third-order valence-electron chi connectivity index (χ3n) is 1.77. The van der Waals surface area contributed by atoms with Gasteiger partial charge in [0.05, 0.1) is 5.92 Å². The van der Waals surface area contributed by atoms with Gasteiger partial charge in [0.1, 0.15) is 0 Å². The minimum Gasteiger partial charge on any atom is -0.481 e. The van der Waals surface area contributed by atoms with Gasteiger partial charge >= 0.3 is 5.97 Å². The van der Waals surface area contributed by atoms with Crippen LogP contribution in [-0.2, 0) is 21.3 Å². The van der Waals surface area contributed by atoms with Gasteiger partial charge in [0.2, 0.25) is 0 Å². The number of hydrogen-bond donors (Lipinski definition) is 1. The third kappa shape index (κ3) is 3.59. The molecule has 0 aromatic carbocycles. The predicted molar refractivity (Wildman–Crippen MR) is 57.8 cm³/mol. The van der Waals surface area contributed by atoms with Crippen LogP contribution in [0.3, 0.4) is 0 Å². The molecule has 5 heteroatoms. The first-order valence-electron chi connectivity index (χ1n) is 4.18. The van der Waals surface area contributed by atoms with E-state index in [-0.39, 0.29) is 5.75 Å². The summed E-state index contributed by atoms with van der Waals surface area (Å²) < 4.78 is 11.5. The van der Waals surface area contributed by atoms with Gasteiger partial charge in [-0.15, -0.1) is 0 Å². The maximum atomic E-state index is 11.5. The summed E-state index contributed by atoms with van der Waals surface area (Å²) in [5.41, 5.74) is 1.02. The predicted octanol–water partition coefficient (Wildman–Crippen LogP) is 1.72. The molecule has 0 aliphatic rings. The Morgan fingerprint density at radius 1 is 1.71 bits per heavy atom. The van der Waals surface area contributed by atoms with E-state index in [1.54, 1.807) is 18.3 Å². The fourth-order valence-corrected chi connectivity index (χ4v) is 3.11. The van der Waals surface area contributed by atoms with Crippen molar-refractivity contribution in [3.05, 3.63) is 22.4 Å². The Balaban J connectivity index is 2.40. The molecular weight excluding hydrogens is 220 g/mol. The van der Waals surface area contributed by atoms with Crippen LogP contribution in [0, 0.1) is 5.92 Å². The van der Waals surface area contributed by atoms with Gasteiger partial charge in [-0.25, -0.2) is 0 Å². The number of rotatable bonds is 5. The summed E-state index contributed by atoms with van der Waals surface area (Å²) >= 11 is 1.56. The number of thiophene rings is 1. The van der Waals surface area contributed by atoms with Crippen molar-refractivity contribution in [2.45, 2.75) is 12.7 Å². The van der Waals surface area contributed by atoms with E-state index >= 15 is 0 Å². The van der Waals surface area contributed by atoms with Crippen LogP contribution < -0.4 is 0 Å². The summed E-state index contributed by atoms with van der Waals surface area (Å²) in [5.74, 6) is -0.732. The van der Waals surface area contributed by atoms with Gasteiger partial charge in [-0.1, -0.05) is 6.92 Å². The zero-order valence-corrected chi connectivity index (χ0v) is 9.44. The lowest BCUT2D eigenvalue weighted by atomic mass is 10.2. The molecule has 0 spiro atoms. The van der Waals surface area contributed by atoms with E-state index in [1.807, 2.05) is 16.8 Å². The number of carbonyl (C=O) groups is 1. The van der Waals surface area contributed by atoms with Crippen LogP contribution in [0.2, 0.25) is 0 Å². The molecule has 0 fully saturated rings. The van der Waals surface area contributed by atoms with Gasteiger partial charge in [0, 0.05) is 22.3 Å². The van der Waals surface area contributed by atoms with Crippen molar-refractivity contribution in [1.29, 1.82) is 0 Å². The van der Waals surface area contributed by atoms with E-state index in [2.05, 4.69) is 0 Å². The minimum absolute atomic E-state index is 0.227. The van der Waals surface area contributed by atoms with Crippen molar-refractivity contribution in [2.24, 2.45) is 5.92 Å². The summed E-state index contributed by atoms with van der Waals surface area (Å²) in [6.07, 6.45) is 0. The first kappa shape index (κ1) is 11.4. The maximum Gasteiger partial charge on any atom is 0.307 e. The Morgan fingerprint density at radius 2 is 2.43 bits per heavy atom. The van der Waals surface area contributed by atoms with Gasteiger partial charge in [-0.05, 0) is 22.4 Å². The highest BCUT2D eigenvalue weighted by molar-refractivity contribution is 7.84. The topological polar surface area (TPSA) is 54.4 Å². The molecular formula is C9H12O3S2. The lowest BCUT2D eigenvalue weighted by Gasteiger charge is -2.04. The summed E-state index contributed by atoms with van der Waals surface area (Å²) in [7, 11) is -1.07. The molecule has 0 amide bonds. The fourth-order valence-electron chi connectivity index (χ4n) is 0.970. The van der Waals surface area contributed by atoms with E-state index in [0.29, 0.717) is 5.75 Å². The molecule has 0 aliphatic carbocycles. The third-order valence-corrected chi connectivity index (χ3v) is 4.02. The van der Waals surface area contributed by atoms with Crippen molar-refractivity contribution in [3.8, 4) is 0 Å². The second-order valence-corrected chi connectivity index (χ2v) is 5.40. The highest BCUT2D eigenvalue weighted by Crippen LogP contribution is 2.10. The van der Waals surface area contributed by atoms with Gasteiger partial charge < -0.3 is 5.11 Å². The van der Waals surface area contributed by atoms with Crippen molar-refractivity contribution in [1.82, 2.24) is 0 Å².